The Hall–Kier alpha value is -2.29. The van der Waals surface area contributed by atoms with E-state index in [-0.39, 0.29) is 11.7 Å². The maximum absolute atomic E-state index is 13.4. The predicted octanol–water partition coefficient (Wildman–Crippen LogP) is 4.99. The number of carbonyl (C=O) groups excluding carboxylic acids is 1. The maximum Gasteiger partial charge on any atom is 0.252 e. The van der Waals surface area contributed by atoms with E-state index in [9.17, 15) is 9.18 Å². The van der Waals surface area contributed by atoms with E-state index in [1.54, 1.807) is 34.8 Å². The number of hydrogen-bond donors (Lipinski definition) is 1. The first-order valence-corrected chi connectivity index (χ1v) is 10.4. The van der Waals surface area contributed by atoms with Crippen LogP contribution in [-0.2, 0) is 6.42 Å². The SMILES string of the molecule is O=C(NCCc1csc2nc(-c3cccc(F)c3)nn12)c1cc(Br)ccc1Cl. The molecule has 28 heavy (non-hydrogen) atoms. The highest BCUT2D eigenvalue weighted by Gasteiger charge is 2.14. The summed E-state index contributed by atoms with van der Waals surface area (Å²) in [5, 5.41) is 9.69. The lowest BCUT2D eigenvalue weighted by molar-refractivity contribution is 0.0954. The summed E-state index contributed by atoms with van der Waals surface area (Å²) in [6, 6.07) is 11.3. The van der Waals surface area contributed by atoms with Gasteiger partial charge in [-0.15, -0.1) is 16.4 Å². The lowest BCUT2D eigenvalue weighted by Gasteiger charge is -2.07. The quantitative estimate of drug-likeness (QED) is 0.439. The van der Waals surface area contributed by atoms with E-state index in [1.807, 2.05) is 5.38 Å². The molecule has 0 unspecified atom stereocenters. The third kappa shape index (κ3) is 3.94. The molecule has 0 fully saturated rings. The molecule has 2 heterocycles. The monoisotopic (exact) mass is 478 g/mol. The van der Waals surface area contributed by atoms with Crippen LogP contribution in [0.25, 0.3) is 16.3 Å². The van der Waals surface area contributed by atoms with Crippen molar-refractivity contribution in [2.24, 2.45) is 0 Å². The van der Waals surface area contributed by atoms with Gasteiger partial charge in [0.05, 0.1) is 16.3 Å². The van der Waals surface area contributed by atoms with Gasteiger partial charge >= 0.3 is 0 Å². The average molecular weight is 480 g/mol. The van der Waals surface area contributed by atoms with Crippen LogP contribution in [0.1, 0.15) is 16.1 Å². The third-order valence-electron chi connectivity index (χ3n) is 4.07. The molecule has 4 rings (SSSR count). The molecule has 0 radical (unpaired) electrons. The normalized spacial score (nSPS) is 11.1. The molecule has 1 N–H and O–H groups in total. The molecule has 2 aromatic heterocycles. The number of fused-ring (bicyclic) bond motifs is 1. The second-order valence-corrected chi connectivity index (χ2v) is 8.16. The molecule has 0 spiro atoms. The molecule has 142 valence electrons. The van der Waals surface area contributed by atoms with Crippen molar-refractivity contribution in [2.45, 2.75) is 6.42 Å². The van der Waals surface area contributed by atoms with E-state index >= 15 is 0 Å². The zero-order valence-electron chi connectivity index (χ0n) is 14.3. The van der Waals surface area contributed by atoms with Crippen molar-refractivity contribution in [1.82, 2.24) is 19.9 Å². The van der Waals surface area contributed by atoms with Crippen LogP contribution in [0, 0.1) is 5.82 Å². The number of nitrogens with one attached hydrogen (secondary N) is 1. The summed E-state index contributed by atoms with van der Waals surface area (Å²) in [5.41, 5.74) is 1.95. The summed E-state index contributed by atoms with van der Waals surface area (Å²) in [7, 11) is 0. The Kier molecular flexibility index (Phi) is 5.43. The van der Waals surface area contributed by atoms with Crippen LogP contribution in [0.15, 0.2) is 52.3 Å². The lowest BCUT2D eigenvalue weighted by atomic mass is 10.2. The lowest BCUT2D eigenvalue weighted by Crippen LogP contribution is -2.26. The number of amides is 1. The van der Waals surface area contributed by atoms with Crippen LogP contribution in [-0.4, -0.2) is 27.0 Å². The van der Waals surface area contributed by atoms with Gasteiger partial charge in [-0.2, -0.15) is 4.98 Å². The molecule has 0 saturated carbocycles. The highest BCUT2D eigenvalue weighted by atomic mass is 79.9. The number of rotatable bonds is 5. The predicted molar refractivity (Wildman–Crippen MR) is 111 cm³/mol. The molecule has 0 aliphatic carbocycles. The fourth-order valence-electron chi connectivity index (χ4n) is 2.72. The van der Waals surface area contributed by atoms with Crippen molar-refractivity contribution in [3.63, 3.8) is 0 Å². The number of thiazole rings is 1. The zero-order chi connectivity index (χ0) is 19.7. The number of halogens is 3. The topological polar surface area (TPSA) is 59.3 Å². The van der Waals surface area contributed by atoms with Crippen molar-refractivity contribution >= 4 is 49.7 Å². The fourth-order valence-corrected chi connectivity index (χ4v) is 4.14. The van der Waals surface area contributed by atoms with Crippen LogP contribution in [0.3, 0.4) is 0 Å². The largest absolute Gasteiger partial charge is 0.352 e. The average Bonchev–Trinajstić information content (AvgIpc) is 3.25. The molecule has 0 aliphatic rings. The summed E-state index contributed by atoms with van der Waals surface area (Å²) in [4.78, 5) is 17.5. The minimum atomic E-state index is -0.329. The van der Waals surface area contributed by atoms with Crippen molar-refractivity contribution in [3.05, 3.63) is 74.4 Å². The molecule has 1 amide bonds. The van der Waals surface area contributed by atoms with Gasteiger partial charge in [0.1, 0.15) is 5.82 Å². The number of benzene rings is 2. The van der Waals surface area contributed by atoms with Crippen molar-refractivity contribution < 1.29 is 9.18 Å². The van der Waals surface area contributed by atoms with Crippen molar-refractivity contribution in [3.8, 4) is 11.4 Å². The first-order valence-electron chi connectivity index (χ1n) is 8.33. The van der Waals surface area contributed by atoms with Crippen LogP contribution in [0.4, 0.5) is 4.39 Å². The highest BCUT2D eigenvalue weighted by Crippen LogP contribution is 2.22. The van der Waals surface area contributed by atoms with Gasteiger partial charge < -0.3 is 5.32 Å². The maximum atomic E-state index is 13.4. The molecular formula is C19H13BrClFN4OS. The molecule has 0 bridgehead atoms. The Morgan fingerprint density at radius 2 is 2.14 bits per heavy atom. The summed E-state index contributed by atoms with van der Waals surface area (Å²) >= 11 is 10.9. The van der Waals surface area contributed by atoms with Gasteiger partial charge in [0.25, 0.3) is 5.91 Å². The standard InChI is InChI=1S/C19H13BrClFN4OS/c20-12-4-5-16(21)15(9-12)18(27)23-7-6-14-10-28-19-24-17(25-26(14)19)11-2-1-3-13(22)8-11/h1-5,8-10H,6-7H2,(H,23,27). The highest BCUT2D eigenvalue weighted by molar-refractivity contribution is 9.10. The summed E-state index contributed by atoms with van der Waals surface area (Å²) in [6.45, 7) is 0.419. The Morgan fingerprint density at radius 3 is 2.96 bits per heavy atom. The Bertz CT molecular complexity index is 1180. The van der Waals surface area contributed by atoms with Gasteiger partial charge in [-0.1, -0.05) is 39.7 Å². The minimum absolute atomic E-state index is 0.239. The third-order valence-corrected chi connectivity index (χ3v) is 5.76. The second kappa shape index (κ2) is 7.98. The Morgan fingerprint density at radius 1 is 1.29 bits per heavy atom. The van der Waals surface area contributed by atoms with E-state index < -0.39 is 0 Å². The zero-order valence-corrected chi connectivity index (χ0v) is 17.5. The number of carbonyl (C=O) groups is 1. The molecule has 9 heteroatoms. The fraction of sp³-hybridized carbons (Fsp3) is 0.105. The van der Waals surface area contributed by atoms with E-state index in [1.165, 1.54) is 23.5 Å². The van der Waals surface area contributed by atoms with Crippen LogP contribution < -0.4 is 5.32 Å². The van der Waals surface area contributed by atoms with Crippen molar-refractivity contribution in [1.29, 1.82) is 0 Å². The molecule has 0 aliphatic heterocycles. The first kappa shape index (κ1) is 19.0. The number of nitrogens with zero attached hydrogens (tertiary/aromatic N) is 3. The van der Waals surface area contributed by atoms with E-state index in [4.69, 9.17) is 11.6 Å². The van der Waals surface area contributed by atoms with Gasteiger partial charge in [0.2, 0.25) is 4.96 Å². The van der Waals surface area contributed by atoms with E-state index in [2.05, 4.69) is 31.3 Å². The number of aromatic nitrogens is 3. The Balaban J connectivity index is 1.47. The van der Waals surface area contributed by atoms with Crippen LogP contribution in [0.5, 0.6) is 0 Å². The molecular weight excluding hydrogens is 467 g/mol. The van der Waals surface area contributed by atoms with Crippen LogP contribution in [0.2, 0.25) is 5.02 Å². The van der Waals surface area contributed by atoms with Gasteiger partial charge in [-0.25, -0.2) is 8.91 Å². The second-order valence-electron chi connectivity index (χ2n) is 6.00. The first-order chi connectivity index (χ1) is 13.5. The molecule has 4 aromatic rings. The van der Waals surface area contributed by atoms with Gasteiger partial charge in [0, 0.05) is 28.4 Å². The van der Waals surface area contributed by atoms with Crippen molar-refractivity contribution in [2.75, 3.05) is 6.54 Å². The molecule has 2 aromatic carbocycles. The van der Waals surface area contributed by atoms with Gasteiger partial charge in [-0.05, 0) is 30.3 Å². The van der Waals surface area contributed by atoms with Gasteiger partial charge in [0.15, 0.2) is 5.82 Å². The van der Waals surface area contributed by atoms with Gasteiger partial charge in [-0.3, -0.25) is 4.79 Å². The summed E-state index contributed by atoms with van der Waals surface area (Å²) in [6.07, 6.45) is 0.573. The molecule has 0 saturated heterocycles. The summed E-state index contributed by atoms with van der Waals surface area (Å²) < 4.78 is 15.9. The smallest absolute Gasteiger partial charge is 0.252 e. The number of hydrogen-bond acceptors (Lipinski definition) is 4. The molecule has 5 nitrogen and oxygen atoms in total. The molecule has 0 atom stereocenters. The van der Waals surface area contributed by atoms with Crippen LogP contribution >= 0.6 is 38.9 Å². The summed E-state index contributed by atoms with van der Waals surface area (Å²) in [5.74, 6) is -0.0980. The van der Waals surface area contributed by atoms with E-state index in [0.29, 0.717) is 34.9 Å². The van der Waals surface area contributed by atoms with E-state index in [0.717, 1.165) is 15.1 Å². The minimum Gasteiger partial charge on any atom is -0.352 e. The Labute approximate surface area is 177 Å².